The Bertz CT molecular complexity index is 265. The molecule has 2 rings (SSSR count). The van der Waals surface area contributed by atoms with Gasteiger partial charge in [0, 0.05) is 17.5 Å². The molecule has 0 spiro atoms. The summed E-state index contributed by atoms with van der Waals surface area (Å²) in [5, 5.41) is 5.82. The highest BCUT2D eigenvalue weighted by Crippen LogP contribution is 2.23. The Kier molecular flexibility index (Phi) is 4.18. The van der Waals surface area contributed by atoms with Crippen LogP contribution in [0.4, 0.5) is 0 Å². The molecule has 15 heavy (non-hydrogen) atoms. The molecule has 0 radical (unpaired) electrons. The lowest BCUT2D eigenvalue weighted by Gasteiger charge is -2.27. The van der Waals surface area contributed by atoms with Crippen LogP contribution in [0.25, 0.3) is 0 Å². The molecule has 0 aromatic carbocycles. The van der Waals surface area contributed by atoms with Crippen molar-refractivity contribution in [2.24, 2.45) is 5.73 Å². The third-order valence-electron chi connectivity index (χ3n) is 3.16. The predicted octanol–water partition coefficient (Wildman–Crippen LogP) is 2.67. The molecular weight excluding hydrogens is 204 g/mol. The summed E-state index contributed by atoms with van der Waals surface area (Å²) in [7, 11) is 0. The highest BCUT2D eigenvalue weighted by molar-refractivity contribution is 7.10. The van der Waals surface area contributed by atoms with Gasteiger partial charge in [0.15, 0.2) is 0 Å². The second-order valence-corrected chi connectivity index (χ2v) is 5.28. The van der Waals surface area contributed by atoms with Gasteiger partial charge in [-0.1, -0.05) is 25.3 Å². The first-order valence-corrected chi connectivity index (χ1v) is 6.77. The van der Waals surface area contributed by atoms with Gasteiger partial charge in [0.2, 0.25) is 0 Å². The molecule has 3 N–H and O–H groups in total. The molecule has 0 aliphatic heterocycles. The van der Waals surface area contributed by atoms with Gasteiger partial charge in [-0.15, -0.1) is 11.3 Å². The lowest BCUT2D eigenvalue weighted by Crippen LogP contribution is -2.37. The van der Waals surface area contributed by atoms with E-state index in [2.05, 4.69) is 22.8 Å². The molecule has 1 aliphatic carbocycles. The molecule has 0 bridgehead atoms. The molecule has 2 nitrogen and oxygen atoms in total. The molecule has 1 aromatic rings. The van der Waals surface area contributed by atoms with Crippen LogP contribution < -0.4 is 11.1 Å². The van der Waals surface area contributed by atoms with Crippen LogP contribution in [0.5, 0.6) is 0 Å². The Morgan fingerprint density at radius 2 is 2.20 bits per heavy atom. The van der Waals surface area contributed by atoms with E-state index in [4.69, 9.17) is 5.73 Å². The monoisotopic (exact) mass is 224 g/mol. The Morgan fingerprint density at radius 1 is 1.40 bits per heavy atom. The molecule has 1 unspecified atom stereocenters. The number of thiophene rings is 1. The molecule has 1 saturated carbocycles. The second kappa shape index (κ2) is 5.64. The zero-order valence-electron chi connectivity index (χ0n) is 9.11. The molecule has 1 atom stereocenters. The van der Waals surface area contributed by atoms with Crippen LogP contribution in [0.1, 0.15) is 43.0 Å². The minimum Gasteiger partial charge on any atom is -0.329 e. The minimum absolute atomic E-state index is 0.369. The predicted molar refractivity (Wildman–Crippen MR) is 66.1 cm³/mol. The maximum absolute atomic E-state index is 5.83. The number of hydrogen-bond donors (Lipinski definition) is 2. The summed E-state index contributed by atoms with van der Waals surface area (Å²) in [6, 6.07) is 5.34. The number of nitrogens with one attached hydrogen (secondary N) is 1. The fraction of sp³-hybridized carbons (Fsp3) is 0.667. The fourth-order valence-corrected chi connectivity index (χ4v) is 3.11. The van der Waals surface area contributed by atoms with Crippen LogP contribution in [-0.4, -0.2) is 12.6 Å². The van der Waals surface area contributed by atoms with Gasteiger partial charge in [0.25, 0.3) is 0 Å². The van der Waals surface area contributed by atoms with Crippen molar-refractivity contribution in [2.45, 2.75) is 44.2 Å². The van der Waals surface area contributed by atoms with E-state index in [-0.39, 0.29) is 0 Å². The van der Waals surface area contributed by atoms with E-state index in [1.165, 1.54) is 37.0 Å². The van der Waals surface area contributed by atoms with Crippen molar-refractivity contribution in [2.75, 3.05) is 6.54 Å². The Hall–Kier alpha value is -0.380. The number of nitrogens with two attached hydrogens (primary N) is 1. The van der Waals surface area contributed by atoms with Crippen LogP contribution in [0.3, 0.4) is 0 Å². The maximum Gasteiger partial charge on any atom is 0.0541 e. The third kappa shape index (κ3) is 3.03. The first kappa shape index (κ1) is 11.1. The zero-order valence-corrected chi connectivity index (χ0v) is 9.93. The normalized spacial score (nSPS) is 20.3. The Labute approximate surface area is 95.9 Å². The molecule has 0 amide bonds. The van der Waals surface area contributed by atoms with Gasteiger partial charge in [-0.25, -0.2) is 0 Å². The van der Waals surface area contributed by atoms with Gasteiger partial charge in [-0.05, 0) is 24.3 Å². The summed E-state index contributed by atoms with van der Waals surface area (Å²) in [5.74, 6) is 0. The third-order valence-corrected chi connectivity index (χ3v) is 4.15. The van der Waals surface area contributed by atoms with E-state index in [0.29, 0.717) is 18.6 Å². The largest absolute Gasteiger partial charge is 0.329 e. The van der Waals surface area contributed by atoms with Crippen molar-refractivity contribution in [3.05, 3.63) is 22.4 Å². The van der Waals surface area contributed by atoms with Crippen molar-refractivity contribution in [1.29, 1.82) is 0 Å². The van der Waals surface area contributed by atoms with Gasteiger partial charge in [0.05, 0.1) is 6.04 Å². The van der Waals surface area contributed by atoms with Crippen LogP contribution in [0.2, 0.25) is 0 Å². The standard InChI is InChI=1S/C12H20N2S/c13-9-11(12-7-4-8-15-12)14-10-5-2-1-3-6-10/h4,7-8,10-11,14H,1-3,5-6,9,13H2. The van der Waals surface area contributed by atoms with E-state index in [1.807, 2.05) is 0 Å². The van der Waals surface area contributed by atoms with Crippen LogP contribution >= 0.6 is 11.3 Å². The SMILES string of the molecule is NCC(NC1CCCCC1)c1cccs1. The minimum atomic E-state index is 0.369. The fourth-order valence-electron chi connectivity index (χ4n) is 2.31. The summed E-state index contributed by atoms with van der Waals surface area (Å²) in [6.07, 6.45) is 6.80. The first-order valence-electron chi connectivity index (χ1n) is 5.89. The van der Waals surface area contributed by atoms with Crippen molar-refractivity contribution in [3.8, 4) is 0 Å². The van der Waals surface area contributed by atoms with Crippen molar-refractivity contribution in [1.82, 2.24) is 5.32 Å². The summed E-state index contributed by atoms with van der Waals surface area (Å²) in [6.45, 7) is 0.705. The van der Waals surface area contributed by atoms with E-state index in [0.717, 1.165) is 0 Å². The average Bonchev–Trinajstić information content (AvgIpc) is 2.81. The van der Waals surface area contributed by atoms with E-state index in [9.17, 15) is 0 Å². The van der Waals surface area contributed by atoms with Gasteiger partial charge in [0.1, 0.15) is 0 Å². The lowest BCUT2D eigenvalue weighted by atomic mass is 9.95. The Morgan fingerprint density at radius 3 is 2.80 bits per heavy atom. The van der Waals surface area contributed by atoms with Crippen LogP contribution in [0, 0.1) is 0 Å². The zero-order chi connectivity index (χ0) is 10.5. The second-order valence-electron chi connectivity index (χ2n) is 4.31. The number of rotatable bonds is 4. The molecule has 3 heteroatoms. The Balaban J connectivity index is 1.90. The lowest BCUT2D eigenvalue weighted by molar-refractivity contribution is 0.342. The van der Waals surface area contributed by atoms with Crippen molar-refractivity contribution in [3.63, 3.8) is 0 Å². The molecule has 0 saturated heterocycles. The summed E-state index contributed by atoms with van der Waals surface area (Å²) >= 11 is 1.80. The summed E-state index contributed by atoms with van der Waals surface area (Å²) < 4.78 is 0. The number of hydrogen-bond acceptors (Lipinski definition) is 3. The summed E-state index contributed by atoms with van der Waals surface area (Å²) in [5.41, 5.74) is 5.83. The van der Waals surface area contributed by atoms with Gasteiger partial charge in [-0.3, -0.25) is 0 Å². The molecule has 1 aliphatic rings. The molecule has 1 heterocycles. The summed E-state index contributed by atoms with van der Waals surface area (Å²) in [4.78, 5) is 1.38. The first-order chi connectivity index (χ1) is 7.40. The van der Waals surface area contributed by atoms with E-state index in [1.54, 1.807) is 11.3 Å². The maximum atomic E-state index is 5.83. The van der Waals surface area contributed by atoms with Crippen LogP contribution in [-0.2, 0) is 0 Å². The van der Waals surface area contributed by atoms with Gasteiger partial charge in [-0.2, -0.15) is 0 Å². The van der Waals surface area contributed by atoms with Crippen LogP contribution in [0.15, 0.2) is 17.5 Å². The molecular formula is C12H20N2S. The highest BCUT2D eigenvalue weighted by Gasteiger charge is 2.18. The average molecular weight is 224 g/mol. The van der Waals surface area contributed by atoms with Crippen molar-refractivity contribution < 1.29 is 0 Å². The van der Waals surface area contributed by atoms with Crippen molar-refractivity contribution >= 4 is 11.3 Å². The quantitative estimate of drug-likeness (QED) is 0.825. The van der Waals surface area contributed by atoms with Gasteiger partial charge >= 0.3 is 0 Å². The van der Waals surface area contributed by atoms with Gasteiger partial charge < -0.3 is 11.1 Å². The van der Waals surface area contributed by atoms with E-state index < -0.39 is 0 Å². The topological polar surface area (TPSA) is 38.0 Å². The molecule has 1 aromatic heterocycles. The molecule has 84 valence electrons. The highest BCUT2D eigenvalue weighted by atomic mass is 32.1. The van der Waals surface area contributed by atoms with E-state index >= 15 is 0 Å². The molecule has 1 fully saturated rings. The smallest absolute Gasteiger partial charge is 0.0541 e.